The molecule has 0 bridgehead atoms. The fourth-order valence-electron chi connectivity index (χ4n) is 5.02. The van der Waals surface area contributed by atoms with E-state index in [1.807, 2.05) is 13.8 Å². The zero-order valence-corrected chi connectivity index (χ0v) is 20.0. The summed E-state index contributed by atoms with van der Waals surface area (Å²) < 4.78 is 73.8. The minimum atomic E-state index is -3.61. The number of halogens is 3. The Morgan fingerprint density at radius 2 is 1.91 bits per heavy atom. The molecular formula is C24H22F3N5O2S. The SMILES string of the molecule is Cc1nnc2n1-c1c(cc(F)c(-c3cccc4c3ccn4S(=O)(=O)C3CC3)c1C(F)F)NC2(C)C. The number of aromatic nitrogens is 4. The van der Waals surface area contributed by atoms with Gasteiger partial charge >= 0.3 is 0 Å². The van der Waals surface area contributed by atoms with Gasteiger partial charge in [0.25, 0.3) is 6.43 Å². The average Bonchev–Trinajstić information content (AvgIpc) is 3.44. The van der Waals surface area contributed by atoms with Crippen LogP contribution in [0, 0.1) is 12.7 Å². The van der Waals surface area contributed by atoms with Gasteiger partial charge in [0.15, 0.2) is 5.82 Å². The maximum Gasteiger partial charge on any atom is 0.266 e. The van der Waals surface area contributed by atoms with Crippen LogP contribution in [0.4, 0.5) is 18.9 Å². The van der Waals surface area contributed by atoms with Crippen LogP contribution < -0.4 is 5.32 Å². The Morgan fingerprint density at radius 3 is 2.60 bits per heavy atom. The van der Waals surface area contributed by atoms with E-state index in [-0.39, 0.29) is 22.5 Å². The summed E-state index contributed by atoms with van der Waals surface area (Å²) in [5.74, 6) is -0.00107. The fraction of sp³-hybridized carbons (Fsp3) is 0.333. The first-order valence-electron chi connectivity index (χ1n) is 11.2. The van der Waals surface area contributed by atoms with E-state index in [4.69, 9.17) is 0 Å². The molecule has 0 spiro atoms. The molecular weight excluding hydrogens is 479 g/mol. The first-order chi connectivity index (χ1) is 16.5. The first kappa shape index (κ1) is 22.1. The number of anilines is 1. The molecule has 0 atom stereocenters. The molecule has 1 fully saturated rings. The monoisotopic (exact) mass is 501 g/mol. The van der Waals surface area contributed by atoms with Crippen molar-refractivity contribution in [1.82, 2.24) is 18.7 Å². The molecule has 0 amide bonds. The molecule has 182 valence electrons. The van der Waals surface area contributed by atoms with E-state index in [9.17, 15) is 17.2 Å². The minimum Gasteiger partial charge on any atom is -0.371 e. The molecule has 0 saturated heterocycles. The molecule has 2 aromatic carbocycles. The Kier molecular flexibility index (Phi) is 4.49. The van der Waals surface area contributed by atoms with Crippen molar-refractivity contribution in [2.45, 2.75) is 50.8 Å². The third-order valence-corrected chi connectivity index (χ3v) is 8.93. The molecule has 2 aliphatic rings. The number of aryl methyl sites for hydroxylation is 1. The van der Waals surface area contributed by atoms with Gasteiger partial charge in [0, 0.05) is 17.1 Å². The molecule has 2 aromatic heterocycles. The number of benzene rings is 2. The molecule has 7 nitrogen and oxygen atoms in total. The van der Waals surface area contributed by atoms with Crippen LogP contribution in [-0.4, -0.2) is 32.4 Å². The lowest BCUT2D eigenvalue weighted by Crippen LogP contribution is -2.36. The number of nitrogens with zero attached hydrogens (tertiary/aromatic N) is 4. The number of nitrogens with one attached hydrogen (secondary N) is 1. The van der Waals surface area contributed by atoms with Crippen LogP contribution in [0.1, 0.15) is 50.3 Å². The van der Waals surface area contributed by atoms with Gasteiger partial charge in [-0.15, -0.1) is 10.2 Å². The topological polar surface area (TPSA) is 81.8 Å². The standard InChI is InChI=1S/C24H22F3N5O2S/c1-12-29-30-23-24(2,3)28-17-11-16(25)19(20(22(26)27)21(17)32(12)23)15-5-4-6-18-14(15)9-10-31(18)35(33,34)13-7-8-13/h4-6,9-11,13,22,28H,7-8H2,1-3H3. The van der Waals surface area contributed by atoms with Crippen LogP contribution in [0.5, 0.6) is 0 Å². The summed E-state index contributed by atoms with van der Waals surface area (Å²) in [7, 11) is -3.61. The number of hydrogen-bond donors (Lipinski definition) is 1. The lowest BCUT2D eigenvalue weighted by atomic mass is 9.91. The summed E-state index contributed by atoms with van der Waals surface area (Å²) in [5.41, 5.74) is -0.718. The third-order valence-electron chi connectivity index (χ3n) is 6.75. The second-order valence-corrected chi connectivity index (χ2v) is 11.7. The van der Waals surface area contributed by atoms with E-state index in [1.54, 1.807) is 23.6 Å². The predicted molar refractivity (Wildman–Crippen MR) is 126 cm³/mol. The smallest absolute Gasteiger partial charge is 0.266 e. The van der Waals surface area contributed by atoms with E-state index in [0.717, 1.165) is 0 Å². The zero-order chi connectivity index (χ0) is 24.9. The van der Waals surface area contributed by atoms with Crippen LogP contribution in [0.25, 0.3) is 27.7 Å². The zero-order valence-electron chi connectivity index (χ0n) is 19.2. The van der Waals surface area contributed by atoms with E-state index >= 15 is 4.39 Å². The van der Waals surface area contributed by atoms with E-state index in [1.165, 1.54) is 28.4 Å². The summed E-state index contributed by atoms with van der Waals surface area (Å²) >= 11 is 0. The van der Waals surface area contributed by atoms with E-state index < -0.39 is 38.6 Å². The molecule has 11 heteroatoms. The van der Waals surface area contributed by atoms with Crippen molar-refractivity contribution >= 4 is 26.6 Å². The van der Waals surface area contributed by atoms with Gasteiger partial charge in [-0.2, -0.15) is 0 Å². The summed E-state index contributed by atoms with van der Waals surface area (Å²) in [6.07, 6.45) is -0.451. The Labute approximate surface area is 199 Å². The highest BCUT2D eigenvalue weighted by molar-refractivity contribution is 7.91. The largest absolute Gasteiger partial charge is 0.371 e. The normalized spacial score (nSPS) is 16.9. The summed E-state index contributed by atoms with van der Waals surface area (Å²) in [4.78, 5) is 0. The lowest BCUT2D eigenvalue weighted by molar-refractivity contribution is 0.151. The number of rotatable bonds is 4. The van der Waals surface area contributed by atoms with Gasteiger partial charge in [-0.3, -0.25) is 4.57 Å². The van der Waals surface area contributed by atoms with Crippen molar-refractivity contribution in [2.75, 3.05) is 5.32 Å². The highest BCUT2D eigenvalue weighted by Gasteiger charge is 2.40. The molecule has 4 aromatic rings. The van der Waals surface area contributed by atoms with Crippen molar-refractivity contribution in [3.63, 3.8) is 0 Å². The van der Waals surface area contributed by atoms with Crippen molar-refractivity contribution in [2.24, 2.45) is 0 Å². The second-order valence-electron chi connectivity index (χ2n) is 9.59. The molecule has 1 aliphatic heterocycles. The molecule has 35 heavy (non-hydrogen) atoms. The lowest BCUT2D eigenvalue weighted by Gasteiger charge is -2.35. The van der Waals surface area contributed by atoms with Crippen molar-refractivity contribution in [3.05, 3.63) is 59.6 Å². The van der Waals surface area contributed by atoms with Gasteiger partial charge in [-0.25, -0.2) is 25.6 Å². The first-order valence-corrected chi connectivity index (χ1v) is 12.7. The number of fused-ring (bicyclic) bond motifs is 4. The summed E-state index contributed by atoms with van der Waals surface area (Å²) in [6.45, 7) is 5.28. The predicted octanol–water partition coefficient (Wildman–Crippen LogP) is 5.28. The molecule has 3 heterocycles. The van der Waals surface area contributed by atoms with Gasteiger partial charge in [0.1, 0.15) is 11.6 Å². The van der Waals surface area contributed by atoms with Crippen molar-refractivity contribution in [1.29, 1.82) is 0 Å². The Hall–Kier alpha value is -3.34. The van der Waals surface area contributed by atoms with Crippen LogP contribution in [0.15, 0.2) is 36.5 Å². The van der Waals surface area contributed by atoms with Crippen molar-refractivity contribution < 1.29 is 21.6 Å². The Morgan fingerprint density at radius 1 is 1.17 bits per heavy atom. The van der Waals surface area contributed by atoms with E-state index in [0.29, 0.717) is 35.4 Å². The molecule has 1 saturated carbocycles. The second kappa shape index (κ2) is 7.09. The van der Waals surface area contributed by atoms with Crippen LogP contribution >= 0.6 is 0 Å². The maximum atomic E-state index is 15.7. The quantitative estimate of drug-likeness (QED) is 0.412. The van der Waals surface area contributed by atoms with Gasteiger partial charge in [-0.05, 0) is 57.4 Å². The minimum absolute atomic E-state index is 0.0928. The van der Waals surface area contributed by atoms with Crippen LogP contribution in [0.2, 0.25) is 0 Å². The highest BCUT2D eigenvalue weighted by Crippen LogP contribution is 2.47. The maximum absolute atomic E-state index is 15.7. The average molecular weight is 502 g/mol. The van der Waals surface area contributed by atoms with Crippen molar-refractivity contribution in [3.8, 4) is 16.8 Å². The van der Waals surface area contributed by atoms with Crippen LogP contribution in [0.3, 0.4) is 0 Å². The number of alkyl halides is 2. The Bertz CT molecular complexity index is 1630. The fourth-order valence-corrected chi connectivity index (χ4v) is 6.74. The van der Waals surface area contributed by atoms with Gasteiger partial charge in [0.05, 0.1) is 33.2 Å². The third kappa shape index (κ3) is 3.06. The van der Waals surface area contributed by atoms with Gasteiger partial charge in [-0.1, -0.05) is 12.1 Å². The molecule has 0 radical (unpaired) electrons. The van der Waals surface area contributed by atoms with E-state index in [2.05, 4.69) is 15.5 Å². The van der Waals surface area contributed by atoms with Crippen LogP contribution in [-0.2, 0) is 15.6 Å². The van der Waals surface area contributed by atoms with Gasteiger partial charge < -0.3 is 5.32 Å². The summed E-state index contributed by atoms with van der Waals surface area (Å²) in [5, 5.41) is 11.3. The number of hydrogen-bond acceptors (Lipinski definition) is 5. The molecule has 1 aliphatic carbocycles. The molecule has 0 unspecified atom stereocenters. The Balaban J connectivity index is 1.67. The summed E-state index contributed by atoms with van der Waals surface area (Å²) in [6, 6.07) is 7.44. The highest BCUT2D eigenvalue weighted by atomic mass is 32.2. The molecule has 1 N–H and O–H groups in total. The van der Waals surface area contributed by atoms with Gasteiger partial charge in [0.2, 0.25) is 10.0 Å². The molecule has 6 rings (SSSR count).